The summed E-state index contributed by atoms with van der Waals surface area (Å²) in [7, 11) is 1.71. The van der Waals surface area contributed by atoms with Crippen LogP contribution in [0.3, 0.4) is 0 Å². The summed E-state index contributed by atoms with van der Waals surface area (Å²) >= 11 is 0. The van der Waals surface area contributed by atoms with E-state index in [2.05, 4.69) is 53.5 Å². The molecule has 3 aliphatic rings. The molecular formula is C31H38N4O3. The molecule has 2 aromatic carbocycles. The first kappa shape index (κ1) is 25.0. The number of methoxy groups -OCH3 is 1. The number of rotatable bonds is 3. The molecule has 7 nitrogen and oxygen atoms in total. The van der Waals surface area contributed by atoms with Crippen LogP contribution in [0.1, 0.15) is 44.0 Å². The molecule has 1 amide bonds. The summed E-state index contributed by atoms with van der Waals surface area (Å²) in [5.74, 6) is 1.96. The molecule has 7 heteroatoms. The monoisotopic (exact) mass is 514 g/mol. The van der Waals surface area contributed by atoms with Gasteiger partial charge in [-0.15, -0.1) is 0 Å². The normalized spacial score (nSPS) is 18.4. The number of nitrogens with zero attached hydrogens (tertiary/aromatic N) is 3. The maximum Gasteiger partial charge on any atom is 0.410 e. The third-order valence-corrected chi connectivity index (χ3v) is 8.24. The summed E-state index contributed by atoms with van der Waals surface area (Å²) in [5.41, 5.74) is 6.00. The number of fused-ring (bicyclic) bond motifs is 2. The Labute approximate surface area is 225 Å². The first-order chi connectivity index (χ1) is 18.2. The second-order valence-electron chi connectivity index (χ2n) is 12.2. The van der Waals surface area contributed by atoms with Crippen molar-refractivity contribution in [2.75, 3.05) is 44.7 Å². The van der Waals surface area contributed by atoms with Crippen LogP contribution in [0.4, 0.5) is 10.6 Å². The predicted molar refractivity (Wildman–Crippen MR) is 151 cm³/mol. The van der Waals surface area contributed by atoms with Gasteiger partial charge in [0.2, 0.25) is 0 Å². The molecule has 4 heterocycles. The number of likely N-dealkylation sites (tertiary alicyclic amines) is 1. The molecule has 1 N–H and O–H groups in total. The van der Waals surface area contributed by atoms with Crippen molar-refractivity contribution < 1.29 is 14.3 Å². The number of carbonyl (C=O) groups excluding carboxylic acids is 1. The second-order valence-corrected chi connectivity index (χ2v) is 12.2. The first-order valence-corrected chi connectivity index (χ1v) is 13.7. The van der Waals surface area contributed by atoms with Crippen LogP contribution in [0.25, 0.3) is 21.9 Å². The zero-order valence-corrected chi connectivity index (χ0v) is 23.2. The number of aromatic nitrogens is 1. The lowest BCUT2D eigenvalue weighted by Gasteiger charge is -2.47. The smallest absolute Gasteiger partial charge is 0.410 e. The Hall–Kier alpha value is -3.32. The Balaban J connectivity index is 1.34. The third kappa shape index (κ3) is 4.37. The number of nitrogens with one attached hydrogen (secondary N) is 1. The van der Waals surface area contributed by atoms with Crippen LogP contribution in [0.5, 0.6) is 5.75 Å². The maximum atomic E-state index is 12.6. The highest BCUT2D eigenvalue weighted by molar-refractivity contribution is 5.99. The maximum absolute atomic E-state index is 12.6. The van der Waals surface area contributed by atoms with E-state index in [9.17, 15) is 4.79 Å². The van der Waals surface area contributed by atoms with Crippen LogP contribution in [0, 0.1) is 12.3 Å². The van der Waals surface area contributed by atoms with Gasteiger partial charge in [0.25, 0.3) is 0 Å². The van der Waals surface area contributed by atoms with Crippen LogP contribution >= 0.6 is 0 Å². The van der Waals surface area contributed by atoms with Gasteiger partial charge in [-0.05, 0) is 92.2 Å². The Kier molecular flexibility index (Phi) is 6.02. The number of amides is 1. The van der Waals surface area contributed by atoms with Gasteiger partial charge >= 0.3 is 6.09 Å². The molecule has 1 spiro atoms. The zero-order valence-electron chi connectivity index (χ0n) is 23.2. The largest absolute Gasteiger partial charge is 0.497 e. The Morgan fingerprint density at radius 1 is 1.13 bits per heavy atom. The fraction of sp³-hybridized carbons (Fsp3) is 0.484. The van der Waals surface area contributed by atoms with E-state index in [0.29, 0.717) is 0 Å². The van der Waals surface area contributed by atoms with Gasteiger partial charge < -0.3 is 24.6 Å². The van der Waals surface area contributed by atoms with E-state index < -0.39 is 5.60 Å². The molecule has 0 radical (unpaired) electrons. The first-order valence-electron chi connectivity index (χ1n) is 13.7. The van der Waals surface area contributed by atoms with E-state index in [1.807, 2.05) is 25.7 Å². The highest BCUT2D eigenvalue weighted by atomic mass is 16.6. The molecule has 0 bridgehead atoms. The van der Waals surface area contributed by atoms with Gasteiger partial charge in [-0.25, -0.2) is 9.78 Å². The molecule has 3 aromatic rings. The van der Waals surface area contributed by atoms with Crippen LogP contribution in [-0.4, -0.2) is 61.4 Å². The second kappa shape index (κ2) is 9.16. The van der Waals surface area contributed by atoms with Gasteiger partial charge in [0.15, 0.2) is 0 Å². The Morgan fingerprint density at radius 2 is 1.95 bits per heavy atom. The van der Waals surface area contributed by atoms with E-state index in [0.717, 1.165) is 69.4 Å². The zero-order chi connectivity index (χ0) is 26.7. The summed E-state index contributed by atoms with van der Waals surface area (Å²) in [6.45, 7) is 13.1. The Morgan fingerprint density at radius 3 is 2.71 bits per heavy atom. The van der Waals surface area contributed by atoms with Crippen molar-refractivity contribution in [3.63, 3.8) is 0 Å². The molecule has 0 atom stereocenters. The number of hydrogen-bond donors (Lipinski definition) is 1. The van der Waals surface area contributed by atoms with E-state index in [-0.39, 0.29) is 11.5 Å². The number of ether oxygens (including phenoxy) is 2. The SMILES string of the molecule is COc1ccc2c(-c3c(C)c(N4CCC5(CN(C(=O)OC(C)(C)C)C5)C4)nc4c3CCNC4)cccc2c1. The standard InChI is InChI=1S/C31H38N4O3/c1-20-27(24-8-6-7-21-15-22(37-5)9-10-23(21)24)25-11-13-32-16-26(25)33-28(20)34-14-12-31(17-34)18-35(19-31)29(36)38-30(2,3)4/h6-10,15,32H,11-14,16-19H2,1-5H3. The van der Waals surface area contributed by atoms with E-state index in [4.69, 9.17) is 14.5 Å². The van der Waals surface area contributed by atoms with Crippen molar-refractivity contribution >= 4 is 22.7 Å². The Bertz CT molecular complexity index is 1400. The minimum absolute atomic E-state index is 0.120. The highest BCUT2D eigenvalue weighted by Gasteiger charge is 2.50. The molecule has 38 heavy (non-hydrogen) atoms. The van der Waals surface area contributed by atoms with Gasteiger partial charge in [-0.3, -0.25) is 0 Å². The molecule has 0 unspecified atom stereocenters. The number of carbonyl (C=O) groups is 1. The van der Waals surface area contributed by atoms with Crippen molar-refractivity contribution in [2.45, 2.75) is 52.7 Å². The van der Waals surface area contributed by atoms with Crippen molar-refractivity contribution in [2.24, 2.45) is 5.41 Å². The van der Waals surface area contributed by atoms with Crippen LogP contribution in [-0.2, 0) is 17.7 Å². The quantitative estimate of drug-likeness (QED) is 0.511. The lowest BCUT2D eigenvalue weighted by atomic mass is 9.79. The van der Waals surface area contributed by atoms with Crippen molar-refractivity contribution in [3.8, 4) is 16.9 Å². The van der Waals surface area contributed by atoms with Gasteiger partial charge in [0.1, 0.15) is 17.2 Å². The predicted octanol–water partition coefficient (Wildman–Crippen LogP) is 5.31. The van der Waals surface area contributed by atoms with Crippen molar-refractivity contribution in [1.29, 1.82) is 0 Å². The summed E-state index contributed by atoms with van der Waals surface area (Å²) in [6.07, 6.45) is 1.83. The van der Waals surface area contributed by atoms with E-state index >= 15 is 0 Å². The van der Waals surface area contributed by atoms with Gasteiger partial charge in [0, 0.05) is 38.1 Å². The molecule has 2 fully saturated rings. The highest BCUT2D eigenvalue weighted by Crippen LogP contribution is 2.45. The van der Waals surface area contributed by atoms with Crippen molar-refractivity contribution in [1.82, 2.24) is 15.2 Å². The molecular weight excluding hydrogens is 476 g/mol. The number of pyridine rings is 1. The van der Waals surface area contributed by atoms with Crippen LogP contribution < -0.4 is 15.0 Å². The lowest BCUT2D eigenvalue weighted by Crippen LogP contribution is -2.60. The summed E-state index contributed by atoms with van der Waals surface area (Å²) in [4.78, 5) is 22.1. The van der Waals surface area contributed by atoms with Crippen LogP contribution in [0.2, 0.25) is 0 Å². The van der Waals surface area contributed by atoms with E-state index in [1.165, 1.54) is 33.0 Å². The molecule has 3 aliphatic heterocycles. The number of anilines is 1. The summed E-state index contributed by atoms with van der Waals surface area (Å²) in [5, 5.41) is 5.94. The van der Waals surface area contributed by atoms with Crippen LogP contribution in [0.15, 0.2) is 36.4 Å². The number of benzene rings is 2. The minimum atomic E-state index is -0.469. The van der Waals surface area contributed by atoms with Gasteiger partial charge in [-0.2, -0.15) is 0 Å². The van der Waals surface area contributed by atoms with Crippen molar-refractivity contribution in [3.05, 3.63) is 53.2 Å². The molecule has 0 saturated carbocycles. The molecule has 200 valence electrons. The molecule has 0 aliphatic carbocycles. The molecule has 2 saturated heterocycles. The number of hydrogen-bond acceptors (Lipinski definition) is 6. The van der Waals surface area contributed by atoms with Gasteiger partial charge in [0.05, 0.1) is 12.8 Å². The average molecular weight is 515 g/mol. The third-order valence-electron chi connectivity index (χ3n) is 8.24. The minimum Gasteiger partial charge on any atom is -0.497 e. The molecule has 6 rings (SSSR count). The van der Waals surface area contributed by atoms with E-state index in [1.54, 1.807) is 7.11 Å². The fourth-order valence-corrected chi connectivity index (χ4v) is 6.47. The molecule has 1 aromatic heterocycles. The van der Waals surface area contributed by atoms with Gasteiger partial charge in [-0.1, -0.05) is 24.3 Å². The average Bonchev–Trinajstić information content (AvgIpc) is 3.32. The fourth-order valence-electron chi connectivity index (χ4n) is 6.47. The topological polar surface area (TPSA) is 66.9 Å². The summed E-state index contributed by atoms with van der Waals surface area (Å²) in [6, 6.07) is 12.9. The summed E-state index contributed by atoms with van der Waals surface area (Å²) < 4.78 is 11.1. The lowest BCUT2D eigenvalue weighted by molar-refractivity contribution is -0.0266.